The van der Waals surface area contributed by atoms with Crippen molar-refractivity contribution in [3.63, 3.8) is 0 Å². The Hall–Kier alpha value is -2.74. The third-order valence-corrected chi connectivity index (χ3v) is 5.67. The molecule has 0 atom stereocenters. The van der Waals surface area contributed by atoms with Crippen molar-refractivity contribution in [1.29, 1.82) is 0 Å². The molecule has 3 aromatic carbocycles. The van der Waals surface area contributed by atoms with Crippen LogP contribution in [0.25, 0.3) is 21.9 Å². The predicted octanol–water partition coefficient (Wildman–Crippen LogP) is 7.38. The van der Waals surface area contributed by atoms with Gasteiger partial charge in [0.2, 0.25) is 0 Å². The number of hydrogen-bond donors (Lipinski definition) is 1. The van der Waals surface area contributed by atoms with Crippen LogP contribution in [0.3, 0.4) is 0 Å². The van der Waals surface area contributed by atoms with Crippen molar-refractivity contribution in [2.24, 2.45) is 0 Å². The highest BCUT2D eigenvalue weighted by atomic mass is 16.3. The minimum Gasteiger partial charge on any atom is -0.454 e. The Balaban J connectivity index is 1.45. The summed E-state index contributed by atoms with van der Waals surface area (Å²) in [5, 5.41) is 5.87. The van der Waals surface area contributed by atoms with E-state index in [4.69, 9.17) is 4.42 Å². The van der Waals surface area contributed by atoms with Crippen LogP contribution in [0.4, 0.5) is 11.4 Å². The number of rotatable bonds is 3. The Morgan fingerprint density at radius 2 is 1.50 bits per heavy atom. The lowest BCUT2D eigenvalue weighted by Crippen LogP contribution is -2.04. The molecule has 0 aliphatic heterocycles. The first-order valence-corrected chi connectivity index (χ1v) is 9.66. The molecule has 1 aliphatic carbocycles. The summed E-state index contributed by atoms with van der Waals surface area (Å²) < 4.78 is 6.11. The third-order valence-electron chi connectivity index (χ3n) is 5.67. The van der Waals surface area contributed by atoms with Crippen LogP contribution in [0.5, 0.6) is 0 Å². The van der Waals surface area contributed by atoms with E-state index in [0.717, 1.165) is 33.8 Å². The fourth-order valence-electron chi connectivity index (χ4n) is 4.28. The number of furan rings is 1. The molecule has 1 saturated carbocycles. The molecule has 1 N–H and O–H groups in total. The van der Waals surface area contributed by atoms with Crippen LogP contribution in [0, 0.1) is 0 Å². The predicted molar refractivity (Wildman–Crippen MR) is 109 cm³/mol. The lowest BCUT2D eigenvalue weighted by molar-refractivity contribution is 0.443. The molecule has 2 heteroatoms. The van der Waals surface area contributed by atoms with Crippen LogP contribution in [0.15, 0.2) is 71.1 Å². The van der Waals surface area contributed by atoms with Gasteiger partial charge in [0, 0.05) is 16.5 Å². The summed E-state index contributed by atoms with van der Waals surface area (Å²) in [7, 11) is 0. The molecule has 0 bridgehead atoms. The van der Waals surface area contributed by atoms with E-state index >= 15 is 0 Å². The van der Waals surface area contributed by atoms with Crippen molar-refractivity contribution in [1.82, 2.24) is 0 Å². The number of hydrogen-bond acceptors (Lipinski definition) is 2. The maximum Gasteiger partial charge on any atom is 0.158 e. The monoisotopic (exact) mass is 341 g/mol. The van der Waals surface area contributed by atoms with E-state index < -0.39 is 0 Å². The number of benzene rings is 3. The van der Waals surface area contributed by atoms with Gasteiger partial charge in [0.15, 0.2) is 5.58 Å². The van der Waals surface area contributed by atoms with Crippen molar-refractivity contribution < 1.29 is 4.42 Å². The van der Waals surface area contributed by atoms with Gasteiger partial charge >= 0.3 is 0 Å². The average molecular weight is 341 g/mol. The van der Waals surface area contributed by atoms with Gasteiger partial charge in [-0.2, -0.15) is 0 Å². The summed E-state index contributed by atoms with van der Waals surface area (Å²) in [6, 6.07) is 23.5. The minimum absolute atomic E-state index is 0.747. The van der Waals surface area contributed by atoms with E-state index in [1.165, 1.54) is 43.1 Å². The molecule has 0 unspecified atom stereocenters. The first kappa shape index (κ1) is 15.5. The summed E-state index contributed by atoms with van der Waals surface area (Å²) in [6.07, 6.45) is 6.82. The quantitative estimate of drug-likeness (QED) is 0.420. The van der Waals surface area contributed by atoms with Crippen LogP contribution in [-0.2, 0) is 0 Å². The van der Waals surface area contributed by atoms with Gasteiger partial charge in [0.05, 0.1) is 5.69 Å². The lowest BCUT2D eigenvalue weighted by atomic mass is 9.84. The maximum atomic E-state index is 6.11. The average Bonchev–Trinajstić information content (AvgIpc) is 3.09. The van der Waals surface area contributed by atoms with Gasteiger partial charge in [0.1, 0.15) is 5.58 Å². The van der Waals surface area contributed by atoms with Crippen LogP contribution in [-0.4, -0.2) is 0 Å². The van der Waals surface area contributed by atoms with Crippen LogP contribution in [0.2, 0.25) is 0 Å². The molecule has 0 amide bonds. The van der Waals surface area contributed by atoms with Gasteiger partial charge in [-0.05, 0) is 48.6 Å². The minimum atomic E-state index is 0.747. The highest BCUT2D eigenvalue weighted by Gasteiger charge is 2.15. The molecule has 4 aromatic rings. The van der Waals surface area contributed by atoms with Crippen LogP contribution in [0.1, 0.15) is 43.6 Å². The van der Waals surface area contributed by atoms with Gasteiger partial charge in [-0.25, -0.2) is 0 Å². The van der Waals surface area contributed by atoms with Crippen LogP contribution >= 0.6 is 0 Å². The third kappa shape index (κ3) is 2.76. The van der Waals surface area contributed by atoms with Gasteiger partial charge in [-0.15, -0.1) is 0 Å². The Kier molecular flexibility index (Phi) is 3.89. The molecule has 0 saturated heterocycles. The highest BCUT2D eigenvalue weighted by molar-refractivity contribution is 6.09. The Bertz CT molecular complexity index is 1040. The normalized spacial score (nSPS) is 15.5. The van der Waals surface area contributed by atoms with Crippen LogP contribution < -0.4 is 5.32 Å². The molecule has 1 heterocycles. The second-order valence-corrected chi connectivity index (χ2v) is 7.36. The first-order valence-electron chi connectivity index (χ1n) is 9.66. The summed E-state index contributed by atoms with van der Waals surface area (Å²) in [5.41, 5.74) is 5.47. The maximum absolute atomic E-state index is 6.11. The second-order valence-electron chi connectivity index (χ2n) is 7.36. The molecule has 2 nitrogen and oxygen atoms in total. The van der Waals surface area contributed by atoms with Crippen molar-refractivity contribution in [3.05, 3.63) is 72.3 Å². The van der Waals surface area contributed by atoms with Crippen molar-refractivity contribution in [3.8, 4) is 0 Å². The van der Waals surface area contributed by atoms with Gasteiger partial charge in [-0.1, -0.05) is 61.7 Å². The zero-order chi connectivity index (χ0) is 17.3. The summed E-state index contributed by atoms with van der Waals surface area (Å²) >= 11 is 0. The zero-order valence-electron chi connectivity index (χ0n) is 14.9. The Morgan fingerprint density at radius 1 is 0.731 bits per heavy atom. The molecule has 1 fully saturated rings. The topological polar surface area (TPSA) is 25.2 Å². The standard InChI is InChI=1S/C24H23NO/c1-2-7-17(8-3-1)18-13-15-19(16-14-18)25-22-11-6-10-21-20-9-4-5-12-23(20)26-24(21)22/h4-6,9-17,25H,1-3,7-8H2. The highest BCUT2D eigenvalue weighted by Crippen LogP contribution is 2.36. The molecule has 0 spiro atoms. The lowest BCUT2D eigenvalue weighted by Gasteiger charge is -2.22. The summed E-state index contributed by atoms with van der Waals surface area (Å²) in [4.78, 5) is 0. The van der Waals surface area contributed by atoms with E-state index in [1.807, 2.05) is 12.1 Å². The summed E-state index contributed by atoms with van der Waals surface area (Å²) in [6.45, 7) is 0. The van der Waals surface area contributed by atoms with Gasteiger partial charge in [-0.3, -0.25) is 0 Å². The Labute approximate surface area is 153 Å². The van der Waals surface area contributed by atoms with Gasteiger partial charge < -0.3 is 9.73 Å². The number of anilines is 2. The molecule has 1 aromatic heterocycles. The second kappa shape index (κ2) is 6.53. The van der Waals surface area contributed by atoms with E-state index in [2.05, 4.69) is 59.9 Å². The van der Waals surface area contributed by atoms with Gasteiger partial charge in [0.25, 0.3) is 0 Å². The smallest absolute Gasteiger partial charge is 0.158 e. The molecule has 0 radical (unpaired) electrons. The van der Waals surface area contributed by atoms with Crippen molar-refractivity contribution in [2.45, 2.75) is 38.0 Å². The van der Waals surface area contributed by atoms with E-state index in [0.29, 0.717) is 0 Å². The molecule has 5 rings (SSSR count). The largest absolute Gasteiger partial charge is 0.454 e. The number of nitrogens with one attached hydrogen (secondary N) is 1. The number of para-hydroxylation sites is 2. The molecule has 26 heavy (non-hydrogen) atoms. The van der Waals surface area contributed by atoms with Crippen molar-refractivity contribution in [2.75, 3.05) is 5.32 Å². The van der Waals surface area contributed by atoms with E-state index in [9.17, 15) is 0 Å². The molecular weight excluding hydrogens is 318 g/mol. The molecule has 130 valence electrons. The van der Waals surface area contributed by atoms with E-state index in [1.54, 1.807) is 0 Å². The number of fused-ring (bicyclic) bond motifs is 3. The SMILES string of the molecule is c1ccc2c(c1)oc1c(Nc3ccc(C4CCCCC4)cc3)cccc12. The molecular formula is C24H23NO. The van der Waals surface area contributed by atoms with E-state index in [-0.39, 0.29) is 0 Å². The summed E-state index contributed by atoms with van der Waals surface area (Å²) in [5.74, 6) is 0.747. The fraction of sp³-hybridized carbons (Fsp3) is 0.250. The fourth-order valence-corrected chi connectivity index (χ4v) is 4.28. The first-order chi connectivity index (χ1) is 12.9. The Morgan fingerprint density at radius 3 is 2.35 bits per heavy atom. The van der Waals surface area contributed by atoms with Crippen molar-refractivity contribution >= 4 is 33.3 Å². The zero-order valence-corrected chi connectivity index (χ0v) is 14.9. The molecule has 1 aliphatic rings.